The molecule has 0 amide bonds. The fraction of sp³-hybridized carbons (Fsp3) is 0.750. The van der Waals surface area contributed by atoms with Crippen molar-refractivity contribution in [2.45, 2.75) is 40.2 Å². The molecule has 0 aliphatic carbocycles. The minimum atomic E-state index is 0.685. The molecule has 0 radical (unpaired) electrons. The van der Waals surface area contributed by atoms with Crippen molar-refractivity contribution in [2.75, 3.05) is 19.6 Å². The lowest BCUT2D eigenvalue weighted by Crippen LogP contribution is -2.40. The number of aliphatic imine (C=N–C) groups is 1. The largest absolute Gasteiger partial charge is 0.357 e. The first-order chi connectivity index (χ1) is 10.1. The predicted molar refractivity (Wildman–Crippen MR) is 87.2 cm³/mol. The maximum Gasteiger partial charge on any atom is 0.194 e. The van der Waals surface area contributed by atoms with Crippen molar-refractivity contribution in [3.8, 4) is 0 Å². The second kappa shape index (κ2) is 7.48. The van der Waals surface area contributed by atoms with Gasteiger partial charge in [-0.15, -0.1) is 0 Å². The molecule has 1 aliphatic heterocycles. The Morgan fingerprint density at radius 3 is 2.95 bits per heavy atom. The van der Waals surface area contributed by atoms with Gasteiger partial charge in [-0.1, -0.05) is 13.8 Å². The summed E-state index contributed by atoms with van der Waals surface area (Å²) in [7, 11) is 1.96. The van der Waals surface area contributed by atoms with Crippen LogP contribution in [0.2, 0.25) is 0 Å². The molecule has 1 N–H and O–H groups in total. The number of rotatable bonds is 5. The quantitative estimate of drug-likeness (QED) is 0.668. The lowest BCUT2D eigenvalue weighted by atomic mass is 9.97. The van der Waals surface area contributed by atoms with Gasteiger partial charge in [0.1, 0.15) is 0 Å². The Kier molecular flexibility index (Phi) is 5.65. The average molecular weight is 291 g/mol. The highest BCUT2D eigenvalue weighted by atomic mass is 15.3. The first kappa shape index (κ1) is 15.9. The number of guanidine groups is 1. The molecule has 0 bridgehead atoms. The number of aromatic nitrogens is 2. The van der Waals surface area contributed by atoms with E-state index < -0.39 is 0 Å². The predicted octanol–water partition coefficient (Wildman–Crippen LogP) is 2.25. The molecule has 0 saturated carbocycles. The van der Waals surface area contributed by atoms with Crippen molar-refractivity contribution in [2.24, 2.45) is 23.9 Å². The maximum atomic E-state index is 4.78. The van der Waals surface area contributed by atoms with Crippen molar-refractivity contribution in [1.29, 1.82) is 0 Å². The molecule has 2 heterocycles. The molecule has 5 nitrogen and oxygen atoms in total. The summed E-state index contributed by atoms with van der Waals surface area (Å²) in [4.78, 5) is 7.19. The molecule has 5 heteroatoms. The summed E-state index contributed by atoms with van der Waals surface area (Å²) in [6.45, 7) is 10.6. The van der Waals surface area contributed by atoms with Gasteiger partial charge >= 0.3 is 0 Å². The van der Waals surface area contributed by atoms with Gasteiger partial charge in [-0.05, 0) is 37.7 Å². The molecule has 118 valence electrons. The third-order valence-corrected chi connectivity index (χ3v) is 4.04. The van der Waals surface area contributed by atoms with Gasteiger partial charge in [0.15, 0.2) is 5.96 Å². The minimum Gasteiger partial charge on any atom is -0.357 e. The lowest BCUT2D eigenvalue weighted by Gasteiger charge is -2.22. The van der Waals surface area contributed by atoms with Crippen molar-refractivity contribution in [3.63, 3.8) is 0 Å². The van der Waals surface area contributed by atoms with E-state index in [0.29, 0.717) is 6.54 Å². The summed E-state index contributed by atoms with van der Waals surface area (Å²) >= 11 is 0. The Balaban J connectivity index is 1.97. The number of nitrogens with zero attached hydrogens (tertiary/aromatic N) is 4. The highest BCUT2D eigenvalue weighted by Gasteiger charge is 2.25. The fourth-order valence-electron chi connectivity index (χ4n) is 3.02. The summed E-state index contributed by atoms with van der Waals surface area (Å²) in [5.74, 6) is 2.64. The third-order valence-electron chi connectivity index (χ3n) is 4.04. The van der Waals surface area contributed by atoms with Crippen LogP contribution in [-0.2, 0) is 13.6 Å². The molecule has 1 unspecified atom stereocenters. The highest BCUT2D eigenvalue weighted by molar-refractivity contribution is 5.80. The number of hydrogen-bond donors (Lipinski definition) is 1. The zero-order valence-electron chi connectivity index (χ0n) is 13.8. The van der Waals surface area contributed by atoms with Crippen molar-refractivity contribution in [1.82, 2.24) is 20.0 Å². The Morgan fingerprint density at radius 1 is 1.52 bits per heavy atom. The van der Waals surface area contributed by atoms with Crippen LogP contribution in [0, 0.1) is 11.8 Å². The molecule has 1 aromatic heterocycles. The second-order valence-electron chi connectivity index (χ2n) is 6.35. The van der Waals surface area contributed by atoms with Crippen LogP contribution in [0.1, 0.15) is 39.3 Å². The first-order valence-electron chi connectivity index (χ1n) is 8.10. The van der Waals surface area contributed by atoms with Gasteiger partial charge in [0.05, 0.1) is 12.2 Å². The van der Waals surface area contributed by atoms with Gasteiger partial charge in [0, 0.05) is 32.9 Å². The van der Waals surface area contributed by atoms with E-state index in [1.54, 1.807) is 0 Å². The SMILES string of the molecule is CCNC(=NCc1ccnn1C)N1CCC(CC(C)C)C1. The van der Waals surface area contributed by atoms with Crippen LogP contribution in [0.3, 0.4) is 0 Å². The fourth-order valence-corrected chi connectivity index (χ4v) is 3.02. The molecule has 21 heavy (non-hydrogen) atoms. The molecule has 0 spiro atoms. The van der Waals surface area contributed by atoms with E-state index in [-0.39, 0.29) is 0 Å². The summed E-state index contributed by atoms with van der Waals surface area (Å²) in [6.07, 6.45) is 4.43. The van der Waals surface area contributed by atoms with Gasteiger partial charge in [-0.2, -0.15) is 5.10 Å². The van der Waals surface area contributed by atoms with E-state index in [9.17, 15) is 0 Å². The van der Waals surface area contributed by atoms with Crippen LogP contribution in [-0.4, -0.2) is 40.3 Å². The first-order valence-corrected chi connectivity index (χ1v) is 8.10. The van der Waals surface area contributed by atoms with Crippen molar-refractivity contribution in [3.05, 3.63) is 18.0 Å². The summed E-state index contributed by atoms with van der Waals surface area (Å²) in [6, 6.07) is 2.03. The Labute approximate surface area is 128 Å². The van der Waals surface area contributed by atoms with Crippen molar-refractivity contribution < 1.29 is 0 Å². The molecule has 1 aliphatic rings. The lowest BCUT2D eigenvalue weighted by molar-refractivity contribution is 0.403. The molecule has 0 aromatic carbocycles. The van der Waals surface area contributed by atoms with Gasteiger partial charge in [0.25, 0.3) is 0 Å². The van der Waals surface area contributed by atoms with E-state index in [2.05, 4.69) is 36.1 Å². The highest BCUT2D eigenvalue weighted by Crippen LogP contribution is 2.23. The van der Waals surface area contributed by atoms with Crippen molar-refractivity contribution >= 4 is 5.96 Å². The Morgan fingerprint density at radius 2 is 2.33 bits per heavy atom. The molecular weight excluding hydrogens is 262 g/mol. The van der Waals surface area contributed by atoms with E-state index in [1.165, 1.54) is 12.8 Å². The van der Waals surface area contributed by atoms with Crippen LogP contribution < -0.4 is 5.32 Å². The van der Waals surface area contributed by atoms with Crippen LogP contribution in [0.5, 0.6) is 0 Å². The normalized spacial score (nSPS) is 19.6. The monoisotopic (exact) mass is 291 g/mol. The topological polar surface area (TPSA) is 45.5 Å². The standard InChI is InChI=1S/C16H29N5/c1-5-17-16(18-11-15-6-8-19-20(15)4)21-9-7-14(12-21)10-13(2)3/h6,8,13-14H,5,7,9-12H2,1-4H3,(H,17,18). The number of likely N-dealkylation sites (tertiary alicyclic amines) is 1. The number of nitrogens with one attached hydrogen (secondary N) is 1. The van der Waals surface area contributed by atoms with E-state index in [1.807, 2.05) is 24.0 Å². The minimum absolute atomic E-state index is 0.685. The van der Waals surface area contributed by atoms with Gasteiger partial charge in [-0.25, -0.2) is 4.99 Å². The van der Waals surface area contributed by atoms with Crippen LogP contribution in [0.25, 0.3) is 0 Å². The summed E-state index contributed by atoms with van der Waals surface area (Å²) < 4.78 is 1.89. The average Bonchev–Trinajstić information content (AvgIpc) is 3.03. The van der Waals surface area contributed by atoms with E-state index in [4.69, 9.17) is 4.99 Å². The van der Waals surface area contributed by atoms with Gasteiger partial charge < -0.3 is 10.2 Å². The smallest absolute Gasteiger partial charge is 0.194 e. The Bertz CT molecular complexity index is 463. The van der Waals surface area contributed by atoms with Crippen LogP contribution >= 0.6 is 0 Å². The number of aryl methyl sites for hydroxylation is 1. The molecule has 2 rings (SSSR count). The van der Waals surface area contributed by atoms with E-state index in [0.717, 1.165) is 43.1 Å². The maximum absolute atomic E-state index is 4.78. The molecule has 1 fully saturated rings. The molecule has 1 atom stereocenters. The van der Waals surface area contributed by atoms with E-state index >= 15 is 0 Å². The van der Waals surface area contributed by atoms with Gasteiger partial charge in [0.2, 0.25) is 0 Å². The van der Waals surface area contributed by atoms with Crippen LogP contribution in [0.15, 0.2) is 17.3 Å². The molecule has 1 saturated heterocycles. The third kappa shape index (κ3) is 4.48. The summed E-state index contributed by atoms with van der Waals surface area (Å²) in [5, 5.41) is 7.62. The van der Waals surface area contributed by atoms with Gasteiger partial charge in [-0.3, -0.25) is 4.68 Å². The zero-order valence-corrected chi connectivity index (χ0v) is 13.8. The number of hydrogen-bond acceptors (Lipinski definition) is 2. The Hall–Kier alpha value is -1.52. The zero-order chi connectivity index (χ0) is 15.2. The second-order valence-corrected chi connectivity index (χ2v) is 6.35. The summed E-state index contributed by atoms with van der Waals surface area (Å²) in [5.41, 5.74) is 1.14. The van der Waals surface area contributed by atoms with Crippen LogP contribution in [0.4, 0.5) is 0 Å². The molecule has 1 aromatic rings. The molecular formula is C16H29N5.